The van der Waals surface area contributed by atoms with E-state index in [4.69, 9.17) is 24.1 Å². The molecule has 1 N–H and O–H groups in total. The molecule has 2 aliphatic carbocycles. The zero-order valence-corrected chi connectivity index (χ0v) is 35.1. The molecule has 316 valence electrons. The molecule has 2 fully saturated rings. The molecule has 0 radical (unpaired) electrons. The van der Waals surface area contributed by atoms with Gasteiger partial charge in [0.1, 0.15) is 17.2 Å². The zero-order valence-electron chi connectivity index (χ0n) is 35.1. The smallest absolute Gasteiger partial charge is 0.343 e. The highest BCUT2D eigenvalue weighted by Crippen LogP contribution is 2.42. The molecule has 0 unspecified atom stereocenters. The molecule has 0 aromatic heterocycles. The number of hydrogen-bond donors (Lipinski definition) is 1. The molecule has 2 saturated carbocycles. The van der Waals surface area contributed by atoms with Gasteiger partial charge in [0.25, 0.3) is 0 Å². The summed E-state index contributed by atoms with van der Waals surface area (Å²) in [6.45, 7) is 7.15. The maximum absolute atomic E-state index is 13.0. The van der Waals surface area contributed by atoms with Crippen LogP contribution in [0.2, 0.25) is 0 Å². The van der Waals surface area contributed by atoms with Crippen molar-refractivity contribution >= 4 is 23.9 Å². The summed E-state index contributed by atoms with van der Waals surface area (Å²) < 4.78 is 22.3. The molecule has 0 saturated heterocycles. The summed E-state index contributed by atoms with van der Waals surface area (Å²) in [6, 6.07) is 21.7. The SMILES string of the molecule is CC.CCCCCC1CCC(C2CCC(C(=O)Oc3ccc(OC(=O)c4ccc(-c5ccc(OCCCCCCOC(=O)CCC(=O)O)cc5)cc4)cc3)CC2)CC1. The van der Waals surface area contributed by atoms with Gasteiger partial charge < -0.3 is 24.1 Å². The molecule has 0 atom stereocenters. The summed E-state index contributed by atoms with van der Waals surface area (Å²) in [5.74, 6) is 1.96. The number of carbonyl (C=O) groups is 4. The molecule has 0 bridgehead atoms. The number of carboxylic acid groups (broad SMARTS) is 1. The van der Waals surface area contributed by atoms with Gasteiger partial charge in [0.2, 0.25) is 0 Å². The highest BCUT2D eigenvalue weighted by atomic mass is 16.5. The van der Waals surface area contributed by atoms with Crippen LogP contribution in [0.1, 0.15) is 147 Å². The van der Waals surface area contributed by atoms with Crippen LogP contribution >= 0.6 is 0 Å². The van der Waals surface area contributed by atoms with Crippen LogP contribution < -0.4 is 14.2 Å². The van der Waals surface area contributed by atoms with Gasteiger partial charge in [0.15, 0.2) is 0 Å². The highest BCUT2D eigenvalue weighted by molar-refractivity contribution is 5.91. The summed E-state index contributed by atoms with van der Waals surface area (Å²) in [5.41, 5.74) is 2.37. The monoisotopic (exact) mass is 798 g/mol. The molecular formula is C49H66O9. The van der Waals surface area contributed by atoms with Crippen molar-refractivity contribution in [1.29, 1.82) is 0 Å². The maximum atomic E-state index is 13.0. The maximum Gasteiger partial charge on any atom is 0.343 e. The first kappa shape index (κ1) is 46.0. The Balaban J connectivity index is 0.00000366. The molecular weight excluding hydrogens is 733 g/mol. The Hall–Kier alpha value is -4.66. The Bertz CT molecular complexity index is 1650. The summed E-state index contributed by atoms with van der Waals surface area (Å²) in [6.07, 6.45) is 18.1. The Morgan fingerprint density at radius 2 is 1.12 bits per heavy atom. The molecule has 5 rings (SSSR count). The van der Waals surface area contributed by atoms with E-state index < -0.39 is 17.9 Å². The number of unbranched alkanes of at least 4 members (excludes halogenated alkanes) is 5. The minimum Gasteiger partial charge on any atom is -0.494 e. The van der Waals surface area contributed by atoms with Gasteiger partial charge in [-0.15, -0.1) is 0 Å². The van der Waals surface area contributed by atoms with Crippen molar-refractivity contribution in [2.24, 2.45) is 23.7 Å². The second-order valence-electron chi connectivity index (χ2n) is 15.6. The Labute approximate surface area is 346 Å². The number of benzene rings is 3. The quantitative estimate of drug-likeness (QED) is 0.0636. The molecule has 9 heteroatoms. The van der Waals surface area contributed by atoms with Gasteiger partial charge in [-0.2, -0.15) is 0 Å². The average molecular weight is 799 g/mol. The van der Waals surface area contributed by atoms with Crippen LogP contribution in [-0.4, -0.2) is 42.2 Å². The predicted octanol–water partition coefficient (Wildman–Crippen LogP) is 12.0. The van der Waals surface area contributed by atoms with E-state index in [1.54, 1.807) is 36.4 Å². The largest absolute Gasteiger partial charge is 0.494 e. The van der Waals surface area contributed by atoms with E-state index in [2.05, 4.69) is 6.92 Å². The van der Waals surface area contributed by atoms with Crippen molar-refractivity contribution < 1.29 is 43.2 Å². The number of hydrogen-bond acceptors (Lipinski definition) is 8. The molecule has 0 heterocycles. The van der Waals surface area contributed by atoms with Gasteiger partial charge in [0.05, 0.1) is 37.5 Å². The van der Waals surface area contributed by atoms with E-state index in [0.717, 1.165) is 86.0 Å². The van der Waals surface area contributed by atoms with Gasteiger partial charge in [-0.05, 0) is 142 Å². The van der Waals surface area contributed by atoms with Gasteiger partial charge in [0, 0.05) is 0 Å². The summed E-state index contributed by atoms with van der Waals surface area (Å²) >= 11 is 0. The Kier molecular flexibility index (Phi) is 20.4. The Morgan fingerprint density at radius 1 is 0.586 bits per heavy atom. The normalized spacial score (nSPS) is 18.9. The molecule has 58 heavy (non-hydrogen) atoms. The molecule has 3 aromatic rings. The summed E-state index contributed by atoms with van der Waals surface area (Å²) in [4.78, 5) is 47.8. The first-order chi connectivity index (χ1) is 28.3. The van der Waals surface area contributed by atoms with Crippen molar-refractivity contribution in [2.45, 2.75) is 136 Å². The fourth-order valence-corrected chi connectivity index (χ4v) is 8.16. The molecule has 9 nitrogen and oxygen atoms in total. The van der Waals surface area contributed by atoms with Crippen molar-refractivity contribution in [3.63, 3.8) is 0 Å². The van der Waals surface area contributed by atoms with Gasteiger partial charge >= 0.3 is 23.9 Å². The van der Waals surface area contributed by atoms with E-state index in [0.29, 0.717) is 30.3 Å². The first-order valence-electron chi connectivity index (χ1n) is 22.0. The number of aliphatic carboxylic acids is 1. The number of rotatable bonds is 21. The predicted molar refractivity (Wildman–Crippen MR) is 227 cm³/mol. The lowest BCUT2D eigenvalue weighted by molar-refractivity contribution is -0.147. The van der Waals surface area contributed by atoms with Crippen LogP contribution in [0, 0.1) is 23.7 Å². The van der Waals surface area contributed by atoms with E-state index in [1.165, 1.54) is 51.4 Å². The fraction of sp³-hybridized carbons (Fsp3) is 0.551. The van der Waals surface area contributed by atoms with Crippen LogP contribution in [0.4, 0.5) is 0 Å². The summed E-state index contributed by atoms with van der Waals surface area (Å²) in [7, 11) is 0. The molecule has 0 spiro atoms. The van der Waals surface area contributed by atoms with Crippen LogP contribution in [-0.2, 0) is 19.1 Å². The topological polar surface area (TPSA) is 125 Å². The molecule has 3 aromatic carbocycles. The fourth-order valence-electron chi connectivity index (χ4n) is 8.16. The molecule has 0 aliphatic heterocycles. The van der Waals surface area contributed by atoms with Crippen LogP contribution in [0.3, 0.4) is 0 Å². The lowest BCUT2D eigenvalue weighted by Gasteiger charge is -2.37. The molecule has 2 aliphatic rings. The third kappa shape index (κ3) is 15.9. The second-order valence-corrected chi connectivity index (χ2v) is 15.6. The van der Waals surface area contributed by atoms with Crippen LogP contribution in [0.25, 0.3) is 11.1 Å². The zero-order chi connectivity index (χ0) is 41.5. The van der Waals surface area contributed by atoms with Crippen molar-refractivity contribution in [1.82, 2.24) is 0 Å². The number of ether oxygens (including phenoxy) is 4. The minimum absolute atomic E-state index is 0.0522. The van der Waals surface area contributed by atoms with E-state index in [1.807, 2.05) is 50.2 Å². The second kappa shape index (κ2) is 25.6. The van der Waals surface area contributed by atoms with Gasteiger partial charge in [-0.1, -0.05) is 83.6 Å². The minimum atomic E-state index is -1.01. The lowest BCUT2D eigenvalue weighted by Crippen LogP contribution is -2.30. The van der Waals surface area contributed by atoms with E-state index >= 15 is 0 Å². The van der Waals surface area contributed by atoms with Gasteiger partial charge in [-0.3, -0.25) is 14.4 Å². The van der Waals surface area contributed by atoms with Crippen molar-refractivity contribution in [2.75, 3.05) is 13.2 Å². The van der Waals surface area contributed by atoms with Crippen molar-refractivity contribution in [3.8, 4) is 28.4 Å². The Morgan fingerprint density at radius 3 is 1.71 bits per heavy atom. The van der Waals surface area contributed by atoms with E-state index in [9.17, 15) is 19.2 Å². The summed E-state index contributed by atoms with van der Waals surface area (Å²) in [5, 5.41) is 8.60. The van der Waals surface area contributed by atoms with Crippen LogP contribution in [0.5, 0.6) is 17.2 Å². The average Bonchev–Trinajstić information content (AvgIpc) is 3.26. The van der Waals surface area contributed by atoms with Gasteiger partial charge in [-0.25, -0.2) is 4.79 Å². The number of carbonyl (C=O) groups excluding carboxylic acids is 3. The molecule has 0 amide bonds. The highest BCUT2D eigenvalue weighted by Gasteiger charge is 2.33. The lowest BCUT2D eigenvalue weighted by atomic mass is 9.68. The number of carboxylic acids is 1. The van der Waals surface area contributed by atoms with E-state index in [-0.39, 0.29) is 24.7 Å². The van der Waals surface area contributed by atoms with Crippen molar-refractivity contribution in [3.05, 3.63) is 78.4 Å². The third-order valence-corrected chi connectivity index (χ3v) is 11.6. The van der Waals surface area contributed by atoms with Crippen LogP contribution in [0.15, 0.2) is 72.8 Å². The first-order valence-corrected chi connectivity index (χ1v) is 22.0. The number of esters is 3. The third-order valence-electron chi connectivity index (χ3n) is 11.6. The standard InChI is InChI=1S/C47H60O9.C2H6/c1-2-3-6-9-34-10-12-35(13-11-34)36-14-18-39(19-15-36)46(51)55-42-26-28-43(29-27-42)56-47(52)40-20-16-37(17-21-40)38-22-24-41(25-23-38)53-32-7-4-5-8-33-54-45(50)31-30-44(48)49;1-2/h16-17,20-29,34-36,39H,2-15,18-19,30-33H2,1H3,(H,48,49);1-2H3.